The van der Waals surface area contributed by atoms with Crippen LogP contribution < -0.4 is 5.32 Å². The lowest BCUT2D eigenvalue weighted by atomic mass is 10.1. The third-order valence-electron chi connectivity index (χ3n) is 2.03. The molecule has 5 heteroatoms. The van der Waals surface area contributed by atoms with E-state index in [1.165, 1.54) is 5.56 Å². The fraction of sp³-hybridized carbons (Fsp3) is 0.250. The van der Waals surface area contributed by atoms with Crippen LogP contribution >= 0.6 is 17.0 Å². The quantitative estimate of drug-likeness (QED) is 0.606. The van der Waals surface area contributed by atoms with Gasteiger partial charge in [0.2, 0.25) is 0 Å². The fourth-order valence-corrected chi connectivity index (χ4v) is 1.39. The Kier molecular flexibility index (Phi) is 3.00. The zero-order valence-corrected chi connectivity index (χ0v) is 8.53. The molecule has 1 aromatic rings. The van der Waals surface area contributed by atoms with Crippen LogP contribution in [0.2, 0.25) is 0 Å². The van der Waals surface area contributed by atoms with Crippen LogP contribution in [0.1, 0.15) is 11.1 Å². The van der Waals surface area contributed by atoms with Gasteiger partial charge < -0.3 is 5.32 Å². The summed E-state index contributed by atoms with van der Waals surface area (Å²) in [5.41, 5.74) is 2.39. The van der Waals surface area contributed by atoms with Crippen molar-refractivity contribution in [2.24, 2.45) is 0 Å². The van der Waals surface area contributed by atoms with E-state index in [9.17, 15) is 10.1 Å². The summed E-state index contributed by atoms with van der Waals surface area (Å²) >= 11 is 0. The molecule has 1 aliphatic heterocycles. The van der Waals surface area contributed by atoms with Crippen molar-refractivity contribution in [3.8, 4) is 0 Å². The minimum atomic E-state index is -0.362. The van der Waals surface area contributed by atoms with E-state index >= 15 is 0 Å². The summed E-state index contributed by atoms with van der Waals surface area (Å²) in [4.78, 5) is 10.0. The van der Waals surface area contributed by atoms with Crippen molar-refractivity contribution in [1.29, 1.82) is 0 Å². The third kappa shape index (κ3) is 1.87. The molecule has 70 valence electrons. The first-order chi connectivity index (χ1) is 5.77. The summed E-state index contributed by atoms with van der Waals surface area (Å²) in [6.45, 7) is 1.57. The number of nitro benzene ring substituents is 1. The van der Waals surface area contributed by atoms with Crippen LogP contribution in [0.4, 0.5) is 5.69 Å². The Balaban J connectivity index is 0.000000845. The number of nitrogens with zero attached hydrogens (tertiary/aromatic N) is 1. The fourth-order valence-electron chi connectivity index (χ4n) is 1.39. The molecule has 0 amide bonds. The molecule has 4 nitrogen and oxygen atoms in total. The maximum Gasteiger partial charge on any atom is 0.269 e. The van der Waals surface area contributed by atoms with Gasteiger partial charge in [0, 0.05) is 25.2 Å². The van der Waals surface area contributed by atoms with E-state index in [1.807, 2.05) is 6.07 Å². The lowest BCUT2D eigenvalue weighted by molar-refractivity contribution is -0.384. The highest BCUT2D eigenvalue weighted by Gasteiger charge is 2.13. The first-order valence-electron chi connectivity index (χ1n) is 3.74. The van der Waals surface area contributed by atoms with Gasteiger partial charge in [0.1, 0.15) is 0 Å². The van der Waals surface area contributed by atoms with Gasteiger partial charge in [-0.3, -0.25) is 10.1 Å². The highest BCUT2D eigenvalue weighted by molar-refractivity contribution is 8.93. The second-order valence-corrected chi connectivity index (χ2v) is 2.81. The Morgan fingerprint density at radius 3 is 2.69 bits per heavy atom. The van der Waals surface area contributed by atoms with Gasteiger partial charge in [-0.25, -0.2) is 0 Å². The van der Waals surface area contributed by atoms with Crippen molar-refractivity contribution in [3.63, 3.8) is 0 Å². The lowest BCUT2D eigenvalue weighted by Gasteiger charge is -1.95. The number of rotatable bonds is 1. The number of non-ortho nitro benzene ring substituents is 1. The molecule has 2 rings (SSSR count). The van der Waals surface area contributed by atoms with Gasteiger partial charge in [-0.15, -0.1) is 17.0 Å². The lowest BCUT2D eigenvalue weighted by Crippen LogP contribution is -1.99. The number of fused-ring (bicyclic) bond motifs is 1. The number of hydrogen-bond donors (Lipinski definition) is 1. The van der Waals surface area contributed by atoms with Crippen molar-refractivity contribution in [2.45, 2.75) is 13.1 Å². The van der Waals surface area contributed by atoms with E-state index in [2.05, 4.69) is 5.32 Å². The van der Waals surface area contributed by atoms with Crippen molar-refractivity contribution < 1.29 is 4.92 Å². The molecular formula is C8H9BrN2O2. The molecule has 0 atom stereocenters. The summed E-state index contributed by atoms with van der Waals surface area (Å²) in [5, 5.41) is 13.5. The molecule has 1 heterocycles. The first kappa shape index (κ1) is 10.1. The molecule has 1 aliphatic rings. The van der Waals surface area contributed by atoms with E-state index in [0.29, 0.717) is 0 Å². The minimum Gasteiger partial charge on any atom is -0.309 e. The standard InChI is InChI=1S/C8H8N2O2.BrH/c11-10(12)8-2-1-6-4-9-5-7(6)3-8;/h1-3,9H,4-5H2;1H. The molecule has 0 saturated heterocycles. The Morgan fingerprint density at radius 1 is 1.31 bits per heavy atom. The second kappa shape index (κ2) is 3.85. The topological polar surface area (TPSA) is 55.2 Å². The van der Waals surface area contributed by atoms with Crippen LogP contribution in [0.25, 0.3) is 0 Å². The molecule has 0 bridgehead atoms. The molecule has 0 aromatic heterocycles. The summed E-state index contributed by atoms with van der Waals surface area (Å²) in [6.07, 6.45) is 0. The molecule has 13 heavy (non-hydrogen) atoms. The normalized spacial score (nSPS) is 13.2. The molecule has 1 aromatic carbocycles. The summed E-state index contributed by atoms with van der Waals surface area (Å²) in [6, 6.07) is 4.99. The van der Waals surface area contributed by atoms with Gasteiger partial charge in [0.05, 0.1) is 4.92 Å². The average Bonchev–Trinajstić information content (AvgIpc) is 2.49. The molecule has 0 radical (unpaired) electrons. The van der Waals surface area contributed by atoms with E-state index < -0.39 is 0 Å². The van der Waals surface area contributed by atoms with Crippen LogP contribution in [0.3, 0.4) is 0 Å². The first-order valence-corrected chi connectivity index (χ1v) is 3.74. The molecule has 1 N–H and O–H groups in total. The average molecular weight is 245 g/mol. The summed E-state index contributed by atoms with van der Waals surface area (Å²) in [5.74, 6) is 0. The van der Waals surface area contributed by atoms with Crippen LogP contribution in [0.5, 0.6) is 0 Å². The molecule has 0 saturated carbocycles. The number of nitrogens with one attached hydrogen (secondary N) is 1. The van der Waals surface area contributed by atoms with Crippen LogP contribution in [-0.4, -0.2) is 4.92 Å². The van der Waals surface area contributed by atoms with Crippen molar-refractivity contribution in [2.75, 3.05) is 0 Å². The van der Waals surface area contributed by atoms with Gasteiger partial charge >= 0.3 is 0 Å². The Labute approximate surface area is 85.9 Å². The Bertz CT molecular complexity index is 341. The summed E-state index contributed by atoms with van der Waals surface area (Å²) in [7, 11) is 0. The minimum absolute atomic E-state index is 0. The van der Waals surface area contributed by atoms with Crippen molar-refractivity contribution in [3.05, 3.63) is 39.4 Å². The monoisotopic (exact) mass is 244 g/mol. The van der Waals surface area contributed by atoms with E-state index in [0.717, 1.165) is 18.7 Å². The van der Waals surface area contributed by atoms with Crippen molar-refractivity contribution in [1.82, 2.24) is 5.32 Å². The maximum absolute atomic E-state index is 10.4. The number of halogens is 1. The predicted octanol–water partition coefficient (Wildman–Crippen LogP) is 1.78. The van der Waals surface area contributed by atoms with E-state index in [4.69, 9.17) is 0 Å². The molecule has 0 spiro atoms. The van der Waals surface area contributed by atoms with Gasteiger partial charge in [-0.2, -0.15) is 0 Å². The van der Waals surface area contributed by atoms with E-state index in [-0.39, 0.29) is 27.6 Å². The summed E-state index contributed by atoms with van der Waals surface area (Å²) < 4.78 is 0. The second-order valence-electron chi connectivity index (χ2n) is 2.81. The number of nitro groups is 1. The molecular weight excluding hydrogens is 236 g/mol. The Hall–Kier alpha value is -0.940. The largest absolute Gasteiger partial charge is 0.309 e. The molecule has 0 fully saturated rings. The molecule has 0 unspecified atom stereocenters. The zero-order chi connectivity index (χ0) is 8.55. The maximum atomic E-state index is 10.4. The Morgan fingerprint density at radius 2 is 2.00 bits per heavy atom. The molecule has 0 aliphatic carbocycles. The highest BCUT2D eigenvalue weighted by atomic mass is 79.9. The van der Waals surface area contributed by atoms with Gasteiger partial charge in [0.15, 0.2) is 0 Å². The van der Waals surface area contributed by atoms with E-state index in [1.54, 1.807) is 12.1 Å². The van der Waals surface area contributed by atoms with Gasteiger partial charge in [-0.1, -0.05) is 6.07 Å². The van der Waals surface area contributed by atoms with Gasteiger partial charge in [-0.05, 0) is 11.1 Å². The van der Waals surface area contributed by atoms with Gasteiger partial charge in [0.25, 0.3) is 5.69 Å². The predicted molar refractivity (Wildman–Crippen MR) is 54.0 cm³/mol. The van der Waals surface area contributed by atoms with Crippen LogP contribution in [-0.2, 0) is 13.1 Å². The smallest absolute Gasteiger partial charge is 0.269 e. The SMILES string of the molecule is Br.O=[N+]([O-])c1ccc2c(c1)CNC2. The number of benzene rings is 1. The van der Waals surface area contributed by atoms with Crippen LogP contribution in [0.15, 0.2) is 18.2 Å². The van der Waals surface area contributed by atoms with Crippen LogP contribution in [0, 0.1) is 10.1 Å². The highest BCUT2D eigenvalue weighted by Crippen LogP contribution is 2.20. The zero-order valence-electron chi connectivity index (χ0n) is 6.82. The third-order valence-corrected chi connectivity index (χ3v) is 2.03. The van der Waals surface area contributed by atoms with Crippen molar-refractivity contribution >= 4 is 22.7 Å². The number of hydrogen-bond acceptors (Lipinski definition) is 3.